The maximum Gasteiger partial charge on any atom is 0.251 e. The standard InChI is InChI=1S/C19H18ClN3O/c1-13-3-8-18(14(2)9-13)19(24)21-10-15-11-22-23(12-15)17-6-4-16(20)5-7-17/h3-9,11-12H,10H2,1-2H3,(H,21,24). The highest BCUT2D eigenvalue weighted by atomic mass is 35.5. The molecule has 0 aliphatic heterocycles. The van der Waals surface area contributed by atoms with Gasteiger partial charge in [0.05, 0.1) is 11.9 Å². The van der Waals surface area contributed by atoms with Crippen molar-refractivity contribution in [1.29, 1.82) is 0 Å². The van der Waals surface area contributed by atoms with Gasteiger partial charge in [-0.2, -0.15) is 5.10 Å². The predicted molar refractivity (Wildman–Crippen MR) is 95.7 cm³/mol. The second-order valence-corrected chi connectivity index (χ2v) is 6.21. The Kier molecular flexibility index (Phi) is 4.67. The fraction of sp³-hybridized carbons (Fsp3) is 0.158. The van der Waals surface area contributed by atoms with Crippen LogP contribution >= 0.6 is 11.6 Å². The number of nitrogens with one attached hydrogen (secondary N) is 1. The van der Waals surface area contributed by atoms with Gasteiger partial charge in [0.15, 0.2) is 0 Å². The number of amides is 1. The summed E-state index contributed by atoms with van der Waals surface area (Å²) in [5, 5.41) is 7.94. The number of halogens is 1. The molecule has 0 bridgehead atoms. The molecule has 3 rings (SSSR count). The van der Waals surface area contributed by atoms with E-state index in [0.717, 1.165) is 22.4 Å². The summed E-state index contributed by atoms with van der Waals surface area (Å²) < 4.78 is 1.76. The fourth-order valence-corrected chi connectivity index (χ4v) is 2.66. The zero-order valence-electron chi connectivity index (χ0n) is 13.6. The van der Waals surface area contributed by atoms with E-state index in [-0.39, 0.29) is 5.91 Å². The molecule has 0 unspecified atom stereocenters. The third-order valence-corrected chi connectivity index (χ3v) is 4.06. The van der Waals surface area contributed by atoms with Crippen LogP contribution in [0.15, 0.2) is 54.9 Å². The van der Waals surface area contributed by atoms with Crippen molar-refractivity contribution >= 4 is 17.5 Å². The minimum atomic E-state index is -0.0771. The van der Waals surface area contributed by atoms with E-state index in [1.807, 2.05) is 62.5 Å². The molecule has 0 aliphatic rings. The van der Waals surface area contributed by atoms with E-state index in [0.29, 0.717) is 17.1 Å². The summed E-state index contributed by atoms with van der Waals surface area (Å²) in [6.07, 6.45) is 3.64. The number of rotatable bonds is 4. The normalized spacial score (nSPS) is 10.6. The topological polar surface area (TPSA) is 46.9 Å². The van der Waals surface area contributed by atoms with Crippen molar-refractivity contribution in [1.82, 2.24) is 15.1 Å². The number of nitrogens with zero attached hydrogens (tertiary/aromatic N) is 2. The first-order valence-corrected chi connectivity index (χ1v) is 8.05. The van der Waals surface area contributed by atoms with Crippen molar-refractivity contribution in [3.05, 3.63) is 82.1 Å². The number of hydrogen-bond acceptors (Lipinski definition) is 2. The van der Waals surface area contributed by atoms with Crippen molar-refractivity contribution in [2.75, 3.05) is 0 Å². The van der Waals surface area contributed by atoms with Crippen LogP contribution < -0.4 is 5.32 Å². The third kappa shape index (κ3) is 3.66. The van der Waals surface area contributed by atoms with Gasteiger partial charge < -0.3 is 5.32 Å². The maximum absolute atomic E-state index is 12.3. The summed E-state index contributed by atoms with van der Waals surface area (Å²) >= 11 is 5.89. The SMILES string of the molecule is Cc1ccc(C(=O)NCc2cnn(-c3ccc(Cl)cc3)c2)c(C)c1. The molecule has 1 amide bonds. The number of carbonyl (C=O) groups is 1. The molecular formula is C19H18ClN3O. The number of aryl methyl sites for hydroxylation is 2. The Morgan fingerprint density at radius 2 is 1.92 bits per heavy atom. The molecule has 2 aromatic carbocycles. The van der Waals surface area contributed by atoms with Crippen molar-refractivity contribution in [3.63, 3.8) is 0 Å². The second kappa shape index (κ2) is 6.89. The minimum Gasteiger partial charge on any atom is -0.348 e. The van der Waals surface area contributed by atoms with E-state index in [1.54, 1.807) is 10.9 Å². The van der Waals surface area contributed by atoms with E-state index in [4.69, 9.17) is 11.6 Å². The molecule has 4 nitrogen and oxygen atoms in total. The van der Waals surface area contributed by atoms with Gasteiger partial charge in [-0.25, -0.2) is 4.68 Å². The number of aromatic nitrogens is 2. The highest BCUT2D eigenvalue weighted by molar-refractivity contribution is 6.30. The average Bonchev–Trinajstić information content (AvgIpc) is 3.02. The Morgan fingerprint density at radius 1 is 1.17 bits per heavy atom. The van der Waals surface area contributed by atoms with Crippen LogP contribution in [0, 0.1) is 13.8 Å². The molecule has 24 heavy (non-hydrogen) atoms. The van der Waals surface area contributed by atoms with Crippen LogP contribution in [0.2, 0.25) is 5.02 Å². The van der Waals surface area contributed by atoms with Crippen LogP contribution in [0.3, 0.4) is 0 Å². The summed E-state index contributed by atoms with van der Waals surface area (Å²) in [4.78, 5) is 12.3. The molecule has 0 atom stereocenters. The van der Waals surface area contributed by atoms with E-state index < -0.39 is 0 Å². The molecule has 1 aromatic heterocycles. The zero-order chi connectivity index (χ0) is 17.1. The van der Waals surface area contributed by atoms with Gasteiger partial charge in [0, 0.05) is 28.9 Å². The monoisotopic (exact) mass is 339 g/mol. The summed E-state index contributed by atoms with van der Waals surface area (Å²) in [5.74, 6) is -0.0771. The molecule has 0 spiro atoms. The van der Waals surface area contributed by atoms with Gasteiger partial charge in [0.25, 0.3) is 5.91 Å². The third-order valence-electron chi connectivity index (χ3n) is 3.81. The lowest BCUT2D eigenvalue weighted by Gasteiger charge is -2.07. The van der Waals surface area contributed by atoms with Crippen LogP contribution in [0.25, 0.3) is 5.69 Å². The van der Waals surface area contributed by atoms with Crippen LogP contribution in [0.5, 0.6) is 0 Å². The largest absolute Gasteiger partial charge is 0.348 e. The quantitative estimate of drug-likeness (QED) is 0.778. The van der Waals surface area contributed by atoms with Gasteiger partial charge in [-0.3, -0.25) is 4.79 Å². The smallest absolute Gasteiger partial charge is 0.251 e. The first-order valence-electron chi connectivity index (χ1n) is 7.68. The maximum atomic E-state index is 12.3. The summed E-state index contributed by atoms with van der Waals surface area (Å²) in [6, 6.07) is 13.2. The van der Waals surface area contributed by atoms with E-state index in [9.17, 15) is 4.79 Å². The molecule has 0 fully saturated rings. The predicted octanol–water partition coefficient (Wildman–Crippen LogP) is 4.07. The lowest BCUT2D eigenvalue weighted by molar-refractivity contribution is 0.0950. The Balaban J connectivity index is 1.67. The van der Waals surface area contributed by atoms with Crippen molar-refractivity contribution < 1.29 is 4.79 Å². The minimum absolute atomic E-state index is 0.0771. The summed E-state index contributed by atoms with van der Waals surface area (Å²) in [6.45, 7) is 4.39. The highest BCUT2D eigenvalue weighted by Gasteiger charge is 2.09. The van der Waals surface area contributed by atoms with Gasteiger partial charge in [-0.05, 0) is 49.7 Å². The Hall–Kier alpha value is -2.59. The van der Waals surface area contributed by atoms with Crippen molar-refractivity contribution in [3.8, 4) is 5.69 Å². The van der Waals surface area contributed by atoms with Gasteiger partial charge >= 0.3 is 0 Å². The van der Waals surface area contributed by atoms with Crippen LogP contribution in [0.1, 0.15) is 27.0 Å². The van der Waals surface area contributed by atoms with E-state index in [1.165, 1.54) is 0 Å². The average molecular weight is 340 g/mol. The van der Waals surface area contributed by atoms with E-state index in [2.05, 4.69) is 10.4 Å². The second-order valence-electron chi connectivity index (χ2n) is 5.77. The van der Waals surface area contributed by atoms with Crippen LogP contribution in [0.4, 0.5) is 0 Å². The van der Waals surface area contributed by atoms with Crippen LogP contribution in [-0.2, 0) is 6.54 Å². The van der Waals surface area contributed by atoms with Crippen LogP contribution in [-0.4, -0.2) is 15.7 Å². The lowest BCUT2D eigenvalue weighted by atomic mass is 10.1. The summed E-state index contributed by atoms with van der Waals surface area (Å²) in [5.41, 5.74) is 4.68. The van der Waals surface area contributed by atoms with Gasteiger partial charge in [0.1, 0.15) is 0 Å². The highest BCUT2D eigenvalue weighted by Crippen LogP contribution is 2.14. The number of benzene rings is 2. The molecule has 0 radical (unpaired) electrons. The molecule has 122 valence electrons. The zero-order valence-corrected chi connectivity index (χ0v) is 14.3. The lowest BCUT2D eigenvalue weighted by Crippen LogP contribution is -2.23. The molecule has 0 saturated heterocycles. The first-order chi connectivity index (χ1) is 11.5. The fourth-order valence-electron chi connectivity index (χ4n) is 2.53. The Bertz CT molecular complexity index is 869. The Morgan fingerprint density at radius 3 is 2.62 bits per heavy atom. The molecule has 0 saturated carbocycles. The molecule has 5 heteroatoms. The number of carbonyl (C=O) groups excluding carboxylic acids is 1. The number of hydrogen-bond donors (Lipinski definition) is 1. The van der Waals surface area contributed by atoms with Gasteiger partial charge in [-0.1, -0.05) is 29.3 Å². The van der Waals surface area contributed by atoms with Gasteiger partial charge in [-0.15, -0.1) is 0 Å². The molecular weight excluding hydrogens is 322 g/mol. The molecule has 0 aliphatic carbocycles. The van der Waals surface area contributed by atoms with Gasteiger partial charge in [0.2, 0.25) is 0 Å². The van der Waals surface area contributed by atoms with Crippen molar-refractivity contribution in [2.24, 2.45) is 0 Å². The summed E-state index contributed by atoms with van der Waals surface area (Å²) in [7, 11) is 0. The molecule has 3 aromatic rings. The van der Waals surface area contributed by atoms with E-state index >= 15 is 0 Å². The molecule has 1 heterocycles. The Labute approximate surface area is 146 Å². The first kappa shape index (κ1) is 16.3. The van der Waals surface area contributed by atoms with Crippen molar-refractivity contribution in [2.45, 2.75) is 20.4 Å². The molecule has 1 N–H and O–H groups in total.